The van der Waals surface area contributed by atoms with Gasteiger partial charge in [0.1, 0.15) is 11.5 Å². The first-order chi connectivity index (χ1) is 12.9. The molecule has 0 bridgehead atoms. The third-order valence-corrected chi connectivity index (χ3v) is 5.45. The van der Waals surface area contributed by atoms with Crippen LogP contribution < -0.4 is 10.8 Å². The SMILES string of the molecule is Cn1cc(C(=O)Nc2ccc(F)cc2B2OC(C)(C)C(C)(C)O2)c(C(F)P)n1. The molecule has 10 heteroatoms. The van der Waals surface area contributed by atoms with E-state index < -0.39 is 36.0 Å². The second kappa shape index (κ2) is 7.21. The number of nitrogens with one attached hydrogen (secondary N) is 1. The van der Waals surface area contributed by atoms with Crippen LogP contribution in [0.4, 0.5) is 14.5 Å². The van der Waals surface area contributed by atoms with Gasteiger partial charge in [0, 0.05) is 24.4 Å². The Kier molecular flexibility index (Phi) is 5.38. The Labute approximate surface area is 165 Å². The van der Waals surface area contributed by atoms with Crippen LogP contribution in [0.1, 0.15) is 49.7 Å². The average molecular weight is 409 g/mol. The normalized spacial score (nSPS) is 18.9. The first-order valence-electron chi connectivity index (χ1n) is 8.81. The average Bonchev–Trinajstić information content (AvgIpc) is 3.06. The van der Waals surface area contributed by atoms with Gasteiger partial charge in [0.25, 0.3) is 5.91 Å². The summed E-state index contributed by atoms with van der Waals surface area (Å²) >= 11 is 0. The molecule has 150 valence electrons. The number of hydrogen-bond donors (Lipinski definition) is 1. The third kappa shape index (κ3) is 3.84. The number of nitrogens with zero attached hydrogens (tertiary/aromatic N) is 2. The first-order valence-corrected chi connectivity index (χ1v) is 9.47. The fourth-order valence-corrected chi connectivity index (χ4v) is 3.13. The number of carbonyl (C=O) groups excluding carboxylic acids is 1. The van der Waals surface area contributed by atoms with Crippen molar-refractivity contribution in [3.8, 4) is 0 Å². The van der Waals surface area contributed by atoms with Gasteiger partial charge in [-0.3, -0.25) is 9.48 Å². The highest BCUT2D eigenvalue weighted by molar-refractivity contribution is 7.16. The Morgan fingerprint density at radius 1 is 1.29 bits per heavy atom. The number of aromatic nitrogens is 2. The molecule has 1 aromatic heterocycles. The molecule has 2 unspecified atom stereocenters. The van der Waals surface area contributed by atoms with Crippen molar-refractivity contribution in [3.05, 3.63) is 41.5 Å². The van der Waals surface area contributed by atoms with Crippen molar-refractivity contribution in [2.45, 2.75) is 44.8 Å². The molecular formula is C18H23BF2N3O3P. The minimum atomic E-state index is -1.49. The summed E-state index contributed by atoms with van der Waals surface area (Å²) in [4.78, 5) is 12.7. The van der Waals surface area contributed by atoms with Crippen LogP contribution in [-0.4, -0.2) is 34.0 Å². The molecule has 0 radical (unpaired) electrons. The Morgan fingerprint density at radius 2 is 1.89 bits per heavy atom. The maximum atomic E-state index is 13.9. The number of benzene rings is 1. The smallest absolute Gasteiger partial charge is 0.399 e. The molecule has 28 heavy (non-hydrogen) atoms. The standard InChI is InChI=1S/C18H23BF2N3O3P/c1-17(2)18(3,4)27-19(26-17)12-8-10(20)6-7-13(12)22-16(25)11-9-24(5)23-14(11)15(21)28/h6-9,15H,28H2,1-5H3,(H,22,25). The van der Waals surface area contributed by atoms with Crippen LogP contribution in [0.15, 0.2) is 24.4 Å². The van der Waals surface area contributed by atoms with Crippen molar-refractivity contribution < 1.29 is 22.9 Å². The van der Waals surface area contributed by atoms with Crippen molar-refractivity contribution in [2.24, 2.45) is 7.05 Å². The summed E-state index contributed by atoms with van der Waals surface area (Å²) in [5.74, 6) is -2.53. The van der Waals surface area contributed by atoms with Gasteiger partial charge < -0.3 is 14.6 Å². The number of halogens is 2. The van der Waals surface area contributed by atoms with Crippen molar-refractivity contribution in [1.29, 1.82) is 0 Å². The lowest BCUT2D eigenvalue weighted by Gasteiger charge is -2.32. The lowest BCUT2D eigenvalue weighted by molar-refractivity contribution is 0.00578. The molecule has 1 saturated heterocycles. The molecular weight excluding hydrogens is 386 g/mol. The largest absolute Gasteiger partial charge is 0.497 e. The van der Waals surface area contributed by atoms with Gasteiger partial charge in [-0.1, -0.05) is 9.24 Å². The van der Waals surface area contributed by atoms with Crippen molar-refractivity contribution >= 4 is 33.4 Å². The Hall–Kier alpha value is -1.83. The van der Waals surface area contributed by atoms with Gasteiger partial charge in [-0.2, -0.15) is 5.10 Å². The minimum Gasteiger partial charge on any atom is -0.399 e. The maximum absolute atomic E-state index is 13.9. The van der Waals surface area contributed by atoms with Crippen molar-refractivity contribution in [1.82, 2.24) is 9.78 Å². The van der Waals surface area contributed by atoms with Crippen LogP contribution in [0.2, 0.25) is 0 Å². The van der Waals surface area contributed by atoms with Crippen molar-refractivity contribution in [2.75, 3.05) is 5.32 Å². The van der Waals surface area contributed by atoms with E-state index in [0.717, 1.165) is 0 Å². The zero-order chi connectivity index (χ0) is 20.9. The Morgan fingerprint density at radius 3 is 2.46 bits per heavy atom. The summed E-state index contributed by atoms with van der Waals surface area (Å²) in [6.45, 7) is 7.53. The molecule has 0 saturated carbocycles. The molecule has 1 aromatic carbocycles. The van der Waals surface area contributed by atoms with E-state index in [9.17, 15) is 13.6 Å². The van der Waals surface area contributed by atoms with E-state index in [1.165, 1.54) is 29.1 Å². The molecule has 6 nitrogen and oxygen atoms in total. The molecule has 1 aliphatic heterocycles. The molecule has 1 fully saturated rings. The highest BCUT2D eigenvalue weighted by Crippen LogP contribution is 2.37. The van der Waals surface area contributed by atoms with Gasteiger partial charge in [-0.15, -0.1) is 0 Å². The molecule has 1 N–H and O–H groups in total. The van der Waals surface area contributed by atoms with Gasteiger partial charge in [0.2, 0.25) is 0 Å². The van der Waals surface area contributed by atoms with E-state index >= 15 is 0 Å². The van der Waals surface area contributed by atoms with Crippen LogP contribution in [-0.2, 0) is 16.4 Å². The maximum Gasteiger partial charge on any atom is 0.497 e. The van der Waals surface area contributed by atoms with E-state index in [2.05, 4.69) is 10.4 Å². The summed E-state index contributed by atoms with van der Waals surface area (Å²) in [5.41, 5.74) is -0.483. The second-order valence-electron chi connectivity index (χ2n) is 7.78. The van der Waals surface area contributed by atoms with Crippen LogP contribution in [0, 0.1) is 5.82 Å². The number of alkyl halides is 1. The molecule has 2 aromatic rings. The summed E-state index contributed by atoms with van der Waals surface area (Å²) in [6, 6.07) is 3.91. The van der Waals surface area contributed by atoms with Crippen LogP contribution >= 0.6 is 9.24 Å². The molecule has 1 aliphatic rings. The lowest BCUT2D eigenvalue weighted by Crippen LogP contribution is -2.41. The highest BCUT2D eigenvalue weighted by Gasteiger charge is 2.52. The van der Waals surface area contributed by atoms with E-state index in [1.807, 2.05) is 36.9 Å². The number of rotatable bonds is 4. The predicted molar refractivity (Wildman–Crippen MR) is 107 cm³/mol. The van der Waals surface area contributed by atoms with E-state index in [4.69, 9.17) is 9.31 Å². The minimum absolute atomic E-state index is 0.00398. The van der Waals surface area contributed by atoms with Crippen molar-refractivity contribution in [3.63, 3.8) is 0 Å². The Bertz CT molecular complexity index is 901. The Balaban J connectivity index is 1.93. The molecule has 1 amide bonds. The summed E-state index contributed by atoms with van der Waals surface area (Å²) in [6.07, 6.45) is 1.43. The second-order valence-corrected chi connectivity index (χ2v) is 8.36. The molecule has 2 atom stereocenters. The molecule has 3 rings (SSSR count). The topological polar surface area (TPSA) is 65.4 Å². The number of carbonyl (C=O) groups is 1. The number of amides is 1. The van der Waals surface area contributed by atoms with Crippen LogP contribution in [0.5, 0.6) is 0 Å². The monoisotopic (exact) mass is 409 g/mol. The third-order valence-electron chi connectivity index (χ3n) is 5.13. The van der Waals surface area contributed by atoms with Crippen LogP contribution in [0.25, 0.3) is 0 Å². The molecule has 2 heterocycles. The quantitative estimate of drug-likeness (QED) is 0.623. The van der Waals surface area contributed by atoms with E-state index in [-0.39, 0.29) is 11.3 Å². The summed E-state index contributed by atoms with van der Waals surface area (Å²) in [5, 5.41) is 6.67. The van der Waals surface area contributed by atoms with Gasteiger partial charge in [-0.25, -0.2) is 8.78 Å². The van der Waals surface area contributed by atoms with Crippen LogP contribution in [0.3, 0.4) is 0 Å². The first kappa shape index (κ1) is 20.9. The fraction of sp³-hybridized carbons (Fsp3) is 0.444. The van der Waals surface area contributed by atoms with Gasteiger partial charge in [0.15, 0.2) is 5.91 Å². The van der Waals surface area contributed by atoms with Gasteiger partial charge in [0.05, 0.1) is 16.8 Å². The van der Waals surface area contributed by atoms with E-state index in [0.29, 0.717) is 11.2 Å². The highest BCUT2D eigenvalue weighted by atomic mass is 31.0. The van der Waals surface area contributed by atoms with Gasteiger partial charge >= 0.3 is 7.12 Å². The summed E-state index contributed by atoms with van der Waals surface area (Å²) < 4.78 is 41.0. The summed E-state index contributed by atoms with van der Waals surface area (Å²) in [7, 11) is 2.71. The number of anilines is 1. The lowest BCUT2D eigenvalue weighted by atomic mass is 9.77. The predicted octanol–water partition coefficient (Wildman–Crippen LogP) is 2.95. The van der Waals surface area contributed by atoms with E-state index in [1.54, 1.807) is 7.05 Å². The van der Waals surface area contributed by atoms with Gasteiger partial charge in [-0.05, 0) is 45.9 Å². The molecule has 0 spiro atoms. The fourth-order valence-electron chi connectivity index (χ4n) is 2.89. The molecule has 0 aliphatic carbocycles. The number of hydrogen-bond acceptors (Lipinski definition) is 4. The number of aryl methyl sites for hydroxylation is 1. The zero-order valence-corrected chi connectivity index (χ0v) is 17.6. The zero-order valence-electron chi connectivity index (χ0n) is 16.4.